The largest absolute Gasteiger partial charge is 0.348 e. The van der Waals surface area contributed by atoms with Crippen molar-refractivity contribution in [2.75, 3.05) is 24.6 Å². The van der Waals surface area contributed by atoms with Crippen LogP contribution < -0.4 is 5.32 Å². The van der Waals surface area contributed by atoms with Gasteiger partial charge in [0.2, 0.25) is 10.0 Å². The standard InChI is InChI=1S/C16H22N2O5S2/c19-16(17-14-7-10-24(20,21)12-14)13-5-4-6-15(11-13)25(22,23)18-8-2-1-3-9-18/h4-6,11,14H,1-3,7-10,12H2,(H,17,19)/t14-/m1/s1. The number of sulfonamides is 1. The van der Waals surface area contributed by atoms with Gasteiger partial charge in [0.15, 0.2) is 9.84 Å². The van der Waals surface area contributed by atoms with Gasteiger partial charge in [0.25, 0.3) is 5.91 Å². The SMILES string of the molecule is O=C(N[C@@H]1CCS(=O)(=O)C1)c1cccc(S(=O)(=O)N2CCCCC2)c1. The minimum Gasteiger partial charge on any atom is -0.348 e. The van der Waals surface area contributed by atoms with Gasteiger partial charge in [0, 0.05) is 24.7 Å². The van der Waals surface area contributed by atoms with Gasteiger partial charge >= 0.3 is 0 Å². The van der Waals surface area contributed by atoms with E-state index >= 15 is 0 Å². The number of carbonyl (C=O) groups is 1. The van der Waals surface area contributed by atoms with Gasteiger partial charge < -0.3 is 5.32 Å². The lowest BCUT2D eigenvalue weighted by Gasteiger charge is -2.26. The summed E-state index contributed by atoms with van der Waals surface area (Å²) in [4.78, 5) is 12.5. The fourth-order valence-corrected chi connectivity index (χ4v) is 6.47. The molecule has 2 fully saturated rings. The van der Waals surface area contributed by atoms with E-state index in [9.17, 15) is 21.6 Å². The van der Waals surface area contributed by atoms with Gasteiger partial charge in [-0.1, -0.05) is 12.5 Å². The summed E-state index contributed by atoms with van der Waals surface area (Å²) in [7, 11) is -6.69. The van der Waals surface area contributed by atoms with Gasteiger partial charge in [-0.2, -0.15) is 4.31 Å². The minimum atomic E-state index is -3.61. The summed E-state index contributed by atoms with van der Waals surface area (Å²) in [5.41, 5.74) is 0.224. The fraction of sp³-hybridized carbons (Fsp3) is 0.562. The van der Waals surface area contributed by atoms with Crippen molar-refractivity contribution in [3.05, 3.63) is 29.8 Å². The molecule has 25 heavy (non-hydrogen) atoms. The maximum Gasteiger partial charge on any atom is 0.251 e. The number of rotatable bonds is 4. The van der Waals surface area contributed by atoms with Gasteiger partial charge in [0.05, 0.1) is 16.4 Å². The lowest BCUT2D eigenvalue weighted by atomic mass is 10.2. The molecule has 0 unspecified atom stereocenters. The smallest absolute Gasteiger partial charge is 0.251 e. The molecule has 0 bridgehead atoms. The van der Waals surface area contributed by atoms with Gasteiger partial charge in [-0.05, 0) is 37.5 Å². The van der Waals surface area contributed by atoms with Crippen LogP contribution in [0.5, 0.6) is 0 Å². The van der Waals surface area contributed by atoms with Crippen molar-refractivity contribution in [3.63, 3.8) is 0 Å². The first-order chi connectivity index (χ1) is 11.8. The summed E-state index contributed by atoms with van der Waals surface area (Å²) in [6, 6.07) is 5.51. The van der Waals surface area contributed by atoms with Crippen molar-refractivity contribution in [2.24, 2.45) is 0 Å². The van der Waals surface area contributed by atoms with Gasteiger partial charge in [0.1, 0.15) is 0 Å². The maximum atomic E-state index is 12.7. The second kappa shape index (κ2) is 7.05. The Morgan fingerprint density at radius 2 is 1.88 bits per heavy atom. The first-order valence-corrected chi connectivity index (χ1v) is 11.7. The molecule has 1 amide bonds. The van der Waals surface area contributed by atoms with Crippen LogP contribution >= 0.6 is 0 Å². The van der Waals surface area contributed by atoms with E-state index in [2.05, 4.69) is 5.32 Å². The molecule has 1 aromatic rings. The lowest BCUT2D eigenvalue weighted by Crippen LogP contribution is -2.36. The molecule has 0 saturated carbocycles. The average molecular weight is 386 g/mol. The van der Waals surface area contributed by atoms with Gasteiger partial charge in [-0.3, -0.25) is 4.79 Å². The molecule has 1 atom stereocenters. The number of hydrogen-bond acceptors (Lipinski definition) is 5. The second-order valence-corrected chi connectivity index (χ2v) is 10.7. The topological polar surface area (TPSA) is 101 Å². The molecule has 1 aromatic carbocycles. The van der Waals surface area contributed by atoms with Crippen molar-refractivity contribution >= 4 is 25.8 Å². The Kier molecular flexibility index (Phi) is 5.17. The van der Waals surface area contributed by atoms with Gasteiger partial charge in [-0.15, -0.1) is 0 Å². The Morgan fingerprint density at radius 1 is 1.16 bits per heavy atom. The number of nitrogens with zero attached hydrogens (tertiary/aromatic N) is 1. The molecule has 3 rings (SSSR count). The Hall–Kier alpha value is -1.45. The maximum absolute atomic E-state index is 12.7. The molecule has 2 saturated heterocycles. The molecular formula is C16H22N2O5S2. The van der Waals surface area contributed by atoms with E-state index in [1.54, 1.807) is 0 Å². The van der Waals surface area contributed by atoms with E-state index < -0.39 is 31.8 Å². The predicted octanol–water partition coefficient (Wildman–Crippen LogP) is 0.778. The summed E-state index contributed by atoms with van der Waals surface area (Å²) >= 11 is 0. The number of sulfone groups is 1. The van der Waals surface area contributed by atoms with Gasteiger partial charge in [-0.25, -0.2) is 16.8 Å². The highest BCUT2D eigenvalue weighted by Gasteiger charge is 2.30. The van der Waals surface area contributed by atoms with E-state index in [4.69, 9.17) is 0 Å². The van der Waals surface area contributed by atoms with E-state index in [0.29, 0.717) is 19.5 Å². The molecule has 9 heteroatoms. The normalized spacial score (nSPS) is 24.1. The first kappa shape index (κ1) is 18.3. The highest BCUT2D eigenvalue weighted by atomic mass is 32.2. The lowest BCUT2D eigenvalue weighted by molar-refractivity contribution is 0.0941. The van der Waals surface area contributed by atoms with E-state index in [0.717, 1.165) is 19.3 Å². The number of hydrogen-bond donors (Lipinski definition) is 1. The zero-order valence-electron chi connectivity index (χ0n) is 13.8. The van der Waals surface area contributed by atoms with Crippen LogP contribution in [0.25, 0.3) is 0 Å². The van der Waals surface area contributed by atoms with Crippen LogP contribution in [0.2, 0.25) is 0 Å². The third kappa shape index (κ3) is 4.21. The van der Waals surface area contributed by atoms with E-state index in [1.807, 2.05) is 0 Å². The predicted molar refractivity (Wildman–Crippen MR) is 93.6 cm³/mol. The summed E-state index contributed by atoms with van der Waals surface area (Å²) < 4.78 is 49.8. The molecule has 0 spiro atoms. The van der Waals surface area contributed by atoms with E-state index in [1.165, 1.54) is 28.6 Å². The summed E-state index contributed by atoms with van der Waals surface area (Å²) in [6.07, 6.45) is 3.10. The summed E-state index contributed by atoms with van der Waals surface area (Å²) in [5, 5.41) is 2.68. The van der Waals surface area contributed by atoms with Crippen molar-refractivity contribution in [3.8, 4) is 0 Å². The molecule has 7 nitrogen and oxygen atoms in total. The van der Waals surface area contributed by atoms with E-state index in [-0.39, 0.29) is 22.0 Å². The van der Waals surface area contributed by atoms with Crippen molar-refractivity contribution < 1.29 is 21.6 Å². The molecular weight excluding hydrogens is 364 g/mol. The van der Waals surface area contributed by atoms with Crippen LogP contribution in [0.1, 0.15) is 36.0 Å². The third-order valence-electron chi connectivity index (χ3n) is 4.62. The number of nitrogens with one attached hydrogen (secondary N) is 1. The molecule has 2 aliphatic heterocycles. The Morgan fingerprint density at radius 3 is 2.52 bits per heavy atom. The zero-order valence-corrected chi connectivity index (χ0v) is 15.5. The Balaban J connectivity index is 1.76. The highest BCUT2D eigenvalue weighted by molar-refractivity contribution is 7.91. The molecule has 138 valence electrons. The number of amides is 1. The van der Waals surface area contributed by atoms with Crippen molar-refractivity contribution in [1.29, 1.82) is 0 Å². The van der Waals surface area contributed by atoms with Crippen LogP contribution in [0.3, 0.4) is 0 Å². The monoisotopic (exact) mass is 386 g/mol. The molecule has 1 N–H and O–H groups in total. The van der Waals surface area contributed by atoms with Crippen LogP contribution in [-0.2, 0) is 19.9 Å². The zero-order chi connectivity index (χ0) is 18.1. The van der Waals surface area contributed by atoms with Crippen molar-refractivity contribution in [2.45, 2.75) is 36.6 Å². The highest BCUT2D eigenvalue weighted by Crippen LogP contribution is 2.21. The van der Waals surface area contributed by atoms with Crippen LogP contribution in [0, 0.1) is 0 Å². The number of carbonyl (C=O) groups excluding carboxylic acids is 1. The minimum absolute atomic E-state index is 0.0650. The van der Waals surface area contributed by atoms with Crippen LogP contribution in [0.4, 0.5) is 0 Å². The molecule has 0 radical (unpaired) electrons. The fourth-order valence-electron chi connectivity index (χ4n) is 3.23. The van der Waals surface area contributed by atoms with Crippen molar-refractivity contribution in [1.82, 2.24) is 9.62 Å². The number of benzene rings is 1. The van der Waals surface area contributed by atoms with Crippen LogP contribution in [0.15, 0.2) is 29.2 Å². The average Bonchev–Trinajstić information content (AvgIpc) is 2.94. The molecule has 2 heterocycles. The third-order valence-corrected chi connectivity index (χ3v) is 8.28. The molecule has 2 aliphatic rings. The first-order valence-electron chi connectivity index (χ1n) is 8.39. The summed E-state index contributed by atoms with van der Waals surface area (Å²) in [6.45, 7) is 0.997. The molecule has 0 aliphatic carbocycles. The molecule has 0 aromatic heterocycles. The second-order valence-electron chi connectivity index (χ2n) is 6.57. The Labute approximate surface area is 148 Å². The van der Waals surface area contributed by atoms with Crippen LogP contribution in [-0.4, -0.2) is 57.7 Å². The Bertz CT molecular complexity index is 858. The quantitative estimate of drug-likeness (QED) is 0.824. The number of piperidine rings is 1. The summed E-state index contributed by atoms with van der Waals surface area (Å²) in [5.74, 6) is -0.441.